The van der Waals surface area contributed by atoms with Gasteiger partial charge in [0, 0.05) is 49.4 Å². The number of H-pyrrole nitrogens is 1. The van der Waals surface area contributed by atoms with Gasteiger partial charge in [-0.2, -0.15) is 0 Å². The van der Waals surface area contributed by atoms with Gasteiger partial charge in [-0.05, 0) is 94.9 Å². The Morgan fingerprint density at radius 1 is 1.04 bits per heavy atom. The maximum Gasteiger partial charge on any atom is 0.305 e. The van der Waals surface area contributed by atoms with Crippen molar-refractivity contribution in [2.45, 2.75) is 90.7 Å². The number of hydrogen-bond donors (Lipinski definition) is 2. The molecular formula is C39H50N4O7Si. The van der Waals surface area contributed by atoms with Gasteiger partial charge in [0.25, 0.3) is 11.2 Å². The predicted octanol–water partition coefficient (Wildman–Crippen LogP) is 8.14. The Morgan fingerprint density at radius 2 is 1.76 bits per heavy atom. The molecule has 0 fully saturated rings. The van der Waals surface area contributed by atoms with Gasteiger partial charge in [0.1, 0.15) is 6.04 Å². The van der Waals surface area contributed by atoms with Crippen LogP contribution >= 0.6 is 0 Å². The minimum absolute atomic E-state index is 0.0277. The number of pyridine rings is 1. The first-order chi connectivity index (χ1) is 23.9. The predicted molar refractivity (Wildman–Crippen MR) is 203 cm³/mol. The number of anilines is 1. The molecule has 1 amide bonds. The highest BCUT2D eigenvalue weighted by Crippen LogP contribution is 2.37. The number of methoxy groups -OCH3 is 1. The van der Waals surface area contributed by atoms with Crippen molar-refractivity contribution in [3.05, 3.63) is 115 Å². The van der Waals surface area contributed by atoms with E-state index in [4.69, 9.17) is 9.16 Å². The van der Waals surface area contributed by atoms with Gasteiger partial charge in [-0.3, -0.25) is 24.5 Å². The molecule has 51 heavy (non-hydrogen) atoms. The van der Waals surface area contributed by atoms with Crippen molar-refractivity contribution in [2.24, 2.45) is 0 Å². The van der Waals surface area contributed by atoms with Crippen molar-refractivity contribution in [1.29, 1.82) is 0 Å². The fraction of sp³-hybridized carbons (Fsp3) is 0.410. The van der Waals surface area contributed by atoms with E-state index >= 15 is 0 Å². The number of aromatic amines is 1. The summed E-state index contributed by atoms with van der Waals surface area (Å²) in [5, 5.41) is 16.4. The molecule has 0 spiro atoms. The van der Waals surface area contributed by atoms with Crippen LogP contribution in [-0.2, 0) is 31.9 Å². The fourth-order valence-electron chi connectivity index (χ4n) is 5.79. The zero-order chi connectivity index (χ0) is 37.7. The third-order valence-corrected chi connectivity index (χ3v) is 14.6. The lowest BCUT2D eigenvalue weighted by Gasteiger charge is -2.36. The Bertz CT molecular complexity index is 1970. The van der Waals surface area contributed by atoms with Crippen molar-refractivity contribution in [3.63, 3.8) is 0 Å². The summed E-state index contributed by atoms with van der Waals surface area (Å²) in [6, 6.07) is 16.9. The third kappa shape index (κ3) is 9.50. The Morgan fingerprint density at radius 3 is 2.41 bits per heavy atom. The number of likely N-dealkylation sites (N-methyl/N-ethyl adjacent to an activating group) is 1. The average molecular weight is 715 g/mol. The molecular weight excluding hydrogens is 665 g/mol. The molecule has 0 radical (unpaired) electrons. The van der Waals surface area contributed by atoms with Crippen LogP contribution in [-0.4, -0.2) is 49.2 Å². The minimum atomic E-state index is -2.14. The van der Waals surface area contributed by atoms with Crippen molar-refractivity contribution >= 4 is 42.3 Å². The van der Waals surface area contributed by atoms with Crippen LogP contribution in [0.25, 0.3) is 10.8 Å². The SMILES string of the molecule is COC(=O)CC[C@H](C)c1ccc(C(Nc2ccc3cc[nH]c(=O)c3c2)C(=O)N(C)Cc2cc([N+](=O)[O-])ccc2CO[Si](C)(C)C(C)(C)C)cc1C. The molecule has 0 aliphatic heterocycles. The molecule has 0 aliphatic carbocycles. The molecule has 1 aromatic heterocycles. The summed E-state index contributed by atoms with van der Waals surface area (Å²) in [6.07, 6.45) is 2.51. The number of nitro groups is 1. The molecule has 12 heteroatoms. The molecule has 0 saturated heterocycles. The molecule has 4 rings (SSSR count). The van der Waals surface area contributed by atoms with E-state index in [1.165, 1.54) is 19.2 Å². The second-order valence-corrected chi connectivity index (χ2v) is 19.6. The van der Waals surface area contributed by atoms with Gasteiger partial charge in [-0.15, -0.1) is 0 Å². The van der Waals surface area contributed by atoms with Crippen LogP contribution in [0, 0.1) is 17.0 Å². The number of hydrogen-bond acceptors (Lipinski definition) is 8. The van der Waals surface area contributed by atoms with Gasteiger partial charge in [0.15, 0.2) is 8.32 Å². The highest BCUT2D eigenvalue weighted by Gasteiger charge is 2.37. The zero-order valence-electron chi connectivity index (χ0n) is 31.1. The Hall–Kier alpha value is -4.81. The molecule has 0 bridgehead atoms. The topological polar surface area (TPSA) is 144 Å². The summed E-state index contributed by atoms with van der Waals surface area (Å²) < 4.78 is 11.3. The highest BCUT2D eigenvalue weighted by molar-refractivity contribution is 6.74. The first kappa shape index (κ1) is 39.0. The van der Waals surface area contributed by atoms with Gasteiger partial charge in [-0.1, -0.05) is 52.0 Å². The summed E-state index contributed by atoms with van der Waals surface area (Å²) in [6.45, 7) is 15.2. The Labute approximate surface area is 300 Å². The van der Waals surface area contributed by atoms with E-state index in [1.54, 1.807) is 30.3 Å². The van der Waals surface area contributed by atoms with Crippen LogP contribution < -0.4 is 10.9 Å². The number of nitrogens with zero attached hydrogens (tertiary/aromatic N) is 2. The summed E-state index contributed by atoms with van der Waals surface area (Å²) in [4.78, 5) is 54.5. The summed E-state index contributed by atoms with van der Waals surface area (Å²) >= 11 is 0. The van der Waals surface area contributed by atoms with E-state index in [1.807, 2.05) is 43.3 Å². The summed E-state index contributed by atoms with van der Waals surface area (Å²) in [5.41, 5.74) is 4.41. The van der Waals surface area contributed by atoms with Crippen molar-refractivity contribution in [1.82, 2.24) is 9.88 Å². The number of aromatic nitrogens is 1. The van der Waals surface area contributed by atoms with Crippen LogP contribution in [0.3, 0.4) is 0 Å². The number of aryl methyl sites for hydroxylation is 1. The van der Waals surface area contributed by atoms with Crippen LogP contribution in [0.1, 0.15) is 80.3 Å². The molecule has 2 N–H and O–H groups in total. The Kier molecular flexibility index (Phi) is 12.3. The number of nitrogens with one attached hydrogen (secondary N) is 2. The number of ether oxygens (including phenoxy) is 1. The molecule has 4 aromatic rings. The lowest BCUT2D eigenvalue weighted by Crippen LogP contribution is -2.40. The van der Waals surface area contributed by atoms with Gasteiger partial charge >= 0.3 is 5.97 Å². The number of esters is 1. The number of nitro benzene ring substituents is 1. The molecule has 1 heterocycles. The van der Waals surface area contributed by atoms with E-state index in [-0.39, 0.29) is 47.2 Å². The number of benzene rings is 3. The molecule has 0 aliphatic rings. The zero-order valence-corrected chi connectivity index (χ0v) is 32.1. The lowest BCUT2D eigenvalue weighted by atomic mass is 9.90. The standard InChI is InChI=1S/C39H50N4O7Si/c1-25(10-17-35(44)49-7)33-16-13-28(20-26(33)2)36(41-31-14-11-27-18-19-40-37(45)34(27)22-31)38(46)42(6)23-30-21-32(43(47)48)15-12-29(30)24-50-51(8,9)39(3,4)5/h11-16,18-22,25,36,41H,10,17,23-24H2,1-9H3,(H,40,45)/t25-,36?/m0/s1. The van der Waals surface area contributed by atoms with E-state index in [9.17, 15) is 24.5 Å². The maximum atomic E-state index is 14.5. The second kappa shape index (κ2) is 16.0. The molecule has 2 atom stereocenters. The first-order valence-electron chi connectivity index (χ1n) is 17.1. The van der Waals surface area contributed by atoms with E-state index < -0.39 is 19.3 Å². The maximum absolute atomic E-state index is 14.5. The smallest absolute Gasteiger partial charge is 0.305 e. The van der Waals surface area contributed by atoms with E-state index in [0.29, 0.717) is 35.0 Å². The van der Waals surface area contributed by atoms with Crippen molar-refractivity contribution < 1.29 is 23.7 Å². The minimum Gasteiger partial charge on any atom is -0.469 e. The summed E-state index contributed by atoms with van der Waals surface area (Å²) in [5.74, 6) is -0.455. The average Bonchev–Trinajstić information content (AvgIpc) is 3.08. The Balaban J connectivity index is 1.70. The normalized spacial score (nSPS) is 13.0. The highest BCUT2D eigenvalue weighted by atomic mass is 28.4. The van der Waals surface area contributed by atoms with Crippen molar-refractivity contribution in [3.8, 4) is 0 Å². The van der Waals surface area contributed by atoms with E-state index in [2.05, 4.69) is 51.1 Å². The number of rotatable bonds is 14. The number of non-ortho nitro benzene ring substituents is 1. The quantitative estimate of drug-likeness (QED) is 0.0577. The number of carbonyl (C=O) groups excluding carboxylic acids is 2. The molecule has 272 valence electrons. The molecule has 0 saturated carbocycles. The summed E-state index contributed by atoms with van der Waals surface area (Å²) in [7, 11) is 0.914. The van der Waals surface area contributed by atoms with Crippen LogP contribution in [0.4, 0.5) is 11.4 Å². The van der Waals surface area contributed by atoms with Crippen LogP contribution in [0.2, 0.25) is 18.1 Å². The van der Waals surface area contributed by atoms with Crippen molar-refractivity contribution in [2.75, 3.05) is 19.5 Å². The molecule has 11 nitrogen and oxygen atoms in total. The van der Waals surface area contributed by atoms with Crippen LogP contribution in [0.5, 0.6) is 0 Å². The monoisotopic (exact) mass is 714 g/mol. The number of fused-ring (bicyclic) bond motifs is 1. The molecule has 3 aromatic carbocycles. The first-order valence-corrected chi connectivity index (χ1v) is 20.0. The number of amides is 1. The van der Waals surface area contributed by atoms with Crippen LogP contribution in [0.15, 0.2) is 71.7 Å². The van der Waals surface area contributed by atoms with Gasteiger partial charge in [-0.25, -0.2) is 0 Å². The van der Waals surface area contributed by atoms with E-state index in [0.717, 1.165) is 22.1 Å². The van der Waals surface area contributed by atoms with Gasteiger partial charge < -0.3 is 24.4 Å². The molecule has 1 unspecified atom stereocenters. The third-order valence-electron chi connectivity index (χ3n) is 10.1. The van der Waals surface area contributed by atoms with Gasteiger partial charge in [0.2, 0.25) is 5.91 Å². The number of carbonyl (C=O) groups is 2. The second-order valence-electron chi connectivity index (χ2n) is 14.8. The van der Waals surface area contributed by atoms with Gasteiger partial charge in [0.05, 0.1) is 18.6 Å². The largest absolute Gasteiger partial charge is 0.469 e. The fourth-order valence-corrected chi connectivity index (χ4v) is 6.74. The lowest BCUT2D eigenvalue weighted by molar-refractivity contribution is -0.384.